The van der Waals surface area contributed by atoms with Crippen LogP contribution in [-0.2, 0) is 26.2 Å². The molecule has 3 aromatic rings. The largest absolute Gasteiger partial charge is 0.445 e. The third kappa shape index (κ3) is 8.08. The molecule has 11 heteroatoms. The van der Waals surface area contributed by atoms with Crippen molar-refractivity contribution in [3.05, 3.63) is 78.4 Å². The highest BCUT2D eigenvalue weighted by molar-refractivity contribution is 7.99. The lowest BCUT2D eigenvalue weighted by atomic mass is 9.99. The smallest absolute Gasteiger partial charge is 0.410 e. The SMILES string of the molecule is O=C(OCc1ccccc1)N1CCC(CSCC2CCCN2C(=O)C(CO)NS(=O)(=O)c2ccc3ccccc3c2)CC1. The molecule has 0 aliphatic carbocycles. The Morgan fingerprint density at radius 3 is 2.40 bits per heavy atom. The maximum Gasteiger partial charge on any atom is 0.410 e. The molecule has 2 N–H and O–H groups in total. The van der Waals surface area contributed by atoms with Gasteiger partial charge < -0.3 is 19.6 Å². The molecule has 0 spiro atoms. The number of aliphatic hydroxyl groups is 1. The van der Waals surface area contributed by atoms with Crippen LogP contribution in [0.15, 0.2) is 77.7 Å². The highest BCUT2D eigenvalue weighted by Crippen LogP contribution is 2.27. The lowest BCUT2D eigenvalue weighted by Gasteiger charge is -2.32. The predicted octanol–water partition coefficient (Wildman–Crippen LogP) is 4.25. The van der Waals surface area contributed by atoms with E-state index in [-0.39, 0.29) is 23.6 Å². The van der Waals surface area contributed by atoms with Crippen LogP contribution in [0.2, 0.25) is 0 Å². The topological polar surface area (TPSA) is 116 Å². The summed E-state index contributed by atoms with van der Waals surface area (Å²) in [5.41, 5.74) is 0.967. The van der Waals surface area contributed by atoms with Crippen LogP contribution in [0, 0.1) is 5.92 Å². The van der Waals surface area contributed by atoms with Crippen molar-refractivity contribution in [3.63, 3.8) is 0 Å². The molecule has 2 saturated heterocycles. The number of carbonyl (C=O) groups excluding carboxylic acids is 2. The number of amides is 2. The number of ether oxygens (including phenoxy) is 1. The van der Waals surface area contributed by atoms with Crippen molar-refractivity contribution in [1.29, 1.82) is 0 Å². The second-order valence-corrected chi connectivity index (χ2v) is 14.0. The van der Waals surface area contributed by atoms with E-state index in [2.05, 4.69) is 4.72 Å². The molecule has 2 amide bonds. The number of hydrogen-bond donors (Lipinski definition) is 2. The molecule has 9 nitrogen and oxygen atoms in total. The third-order valence-corrected chi connectivity index (χ3v) is 11.0. The van der Waals surface area contributed by atoms with Crippen LogP contribution in [0.1, 0.15) is 31.2 Å². The van der Waals surface area contributed by atoms with Crippen LogP contribution in [-0.4, -0.2) is 85.2 Å². The number of sulfonamides is 1. The maximum atomic E-state index is 13.4. The number of nitrogens with one attached hydrogen (secondary N) is 1. The Balaban J connectivity index is 1.07. The summed E-state index contributed by atoms with van der Waals surface area (Å²) in [6, 6.07) is 20.7. The predicted molar refractivity (Wildman–Crippen MR) is 168 cm³/mol. The highest BCUT2D eigenvalue weighted by Gasteiger charge is 2.35. The first-order valence-corrected chi connectivity index (χ1v) is 17.4. The van der Waals surface area contributed by atoms with E-state index >= 15 is 0 Å². The van der Waals surface area contributed by atoms with Gasteiger partial charge in [-0.3, -0.25) is 4.79 Å². The number of thioether (sulfide) groups is 1. The molecule has 0 bridgehead atoms. The Bertz CT molecular complexity index is 1500. The molecule has 2 aliphatic heterocycles. The molecule has 2 heterocycles. The zero-order chi connectivity index (χ0) is 30.2. The van der Waals surface area contributed by atoms with E-state index in [1.165, 1.54) is 6.07 Å². The summed E-state index contributed by atoms with van der Waals surface area (Å²) in [6.07, 6.45) is 3.23. The molecule has 0 radical (unpaired) electrons. The number of rotatable bonds is 11. The van der Waals surface area contributed by atoms with E-state index in [1.54, 1.807) is 33.7 Å². The van der Waals surface area contributed by atoms with Gasteiger partial charge in [0.2, 0.25) is 15.9 Å². The van der Waals surface area contributed by atoms with Gasteiger partial charge in [0.15, 0.2) is 0 Å². The van der Waals surface area contributed by atoms with Crippen molar-refractivity contribution in [2.75, 3.05) is 37.7 Å². The normalized spacial score (nSPS) is 18.6. The van der Waals surface area contributed by atoms with E-state index < -0.39 is 28.6 Å². The van der Waals surface area contributed by atoms with Crippen LogP contribution >= 0.6 is 11.8 Å². The number of nitrogens with zero attached hydrogens (tertiary/aromatic N) is 2. The summed E-state index contributed by atoms with van der Waals surface area (Å²) < 4.78 is 34.2. The Kier molecular flexibility index (Phi) is 10.6. The summed E-state index contributed by atoms with van der Waals surface area (Å²) in [7, 11) is -4.01. The highest BCUT2D eigenvalue weighted by atomic mass is 32.2. The van der Waals surface area contributed by atoms with Crippen LogP contribution in [0.3, 0.4) is 0 Å². The van der Waals surface area contributed by atoms with Gasteiger partial charge >= 0.3 is 6.09 Å². The number of aliphatic hydroxyl groups excluding tert-OH is 1. The minimum absolute atomic E-state index is 0.00947. The van der Waals surface area contributed by atoms with E-state index in [0.717, 1.165) is 53.5 Å². The van der Waals surface area contributed by atoms with Gasteiger partial charge in [-0.25, -0.2) is 13.2 Å². The van der Waals surface area contributed by atoms with Crippen molar-refractivity contribution in [1.82, 2.24) is 14.5 Å². The molecule has 230 valence electrons. The fourth-order valence-electron chi connectivity index (χ4n) is 5.72. The average molecular weight is 626 g/mol. The summed E-state index contributed by atoms with van der Waals surface area (Å²) in [6.45, 7) is 1.54. The molecular weight excluding hydrogens is 587 g/mol. The summed E-state index contributed by atoms with van der Waals surface area (Å²) in [5, 5.41) is 11.7. The minimum atomic E-state index is -4.01. The molecule has 2 unspecified atom stereocenters. The molecule has 2 atom stereocenters. The van der Waals surface area contributed by atoms with Gasteiger partial charge in [0.25, 0.3) is 0 Å². The van der Waals surface area contributed by atoms with Gasteiger partial charge in [0, 0.05) is 31.4 Å². The van der Waals surface area contributed by atoms with E-state index in [4.69, 9.17) is 4.74 Å². The average Bonchev–Trinajstić information content (AvgIpc) is 3.51. The number of benzene rings is 3. The van der Waals surface area contributed by atoms with E-state index in [0.29, 0.717) is 25.6 Å². The van der Waals surface area contributed by atoms with Crippen LogP contribution in [0.5, 0.6) is 0 Å². The molecule has 2 fully saturated rings. The van der Waals surface area contributed by atoms with Gasteiger partial charge in [0.05, 0.1) is 11.5 Å². The lowest BCUT2D eigenvalue weighted by Crippen LogP contribution is -2.52. The second kappa shape index (κ2) is 14.6. The Morgan fingerprint density at radius 1 is 0.930 bits per heavy atom. The quantitative estimate of drug-likeness (QED) is 0.327. The monoisotopic (exact) mass is 625 g/mol. The molecule has 0 aromatic heterocycles. The van der Waals surface area contributed by atoms with Crippen LogP contribution < -0.4 is 4.72 Å². The number of piperidine rings is 1. The van der Waals surface area contributed by atoms with Gasteiger partial charge in [-0.2, -0.15) is 16.5 Å². The van der Waals surface area contributed by atoms with E-state index in [1.807, 2.05) is 54.6 Å². The number of hydrogen-bond acceptors (Lipinski definition) is 7. The number of likely N-dealkylation sites (tertiary alicyclic amines) is 2. The number of carbonyl (C=O) groups is 2. The molecule has 2 aliphatic rings. The maximum absolute atomic E-state index is 13.4. The molecule has 0 saturated carbocycles. The van der Waals surface area contributed by atoms with Crippen molar-refractivity contribution < 1.29 is 27.9 Å². The summed E-state index contributed by atoms with van der Waals surface area (Å²) in [4.78, 5) is 29.4. The van der Waals surface area contributed by atoms with Gasteiger partial charge in [-0.1, -0.05) is 60.7 Å². The summed E-state index contributed by atoms with van der Waals surface area (Å²) >= 11 is 1.80. The van der Waals surface area contributed by atoms with Crippen molar-refractivity contribution in [2.24, 2.45) is 5.92 Å². The van der Waals surface area contributed by atoms with Crippen molar-refractivity contribution in [3.8, 4) is 0 Å². The zero-order valence-corrected chi connectivity index (χ0v) is 25.8. The first-order valence-electron chi connectivity index (χ1n) is 14.8. The Hall–Kier alpha value is -3.12. The molecule has 5 rings (SSSR count). The molecular formula is C32H39N3O6S2. The third-order valence-electron chi connectivity index (χ3n) is 8.21. The first kappa shape index (κ1) is 31.3. The molecule has 3 aromatic carbocycles. The Labute approximate surface area is 257 Å². The van der Waals surface area contributed by atoms with Crippen molar-refractivity contribution >= 4 is 44.6 Å². The van der Waals surface area contributed by atoms with Gasteiger partial charge in [-0.15, -0.1) is 0 Å². The van der Waals surface area contributed by atoms with Gasteiger partial charge in [0.1, 0.15) is 12.6 Å². The fourth-order valence-corrected chi connectivity index (χ4v) is 8.36. The Morgan fingerprint density at radius 2 is 1.65 bits per heavy atom. The van der Waals surface area contributed by atoms with Crippen LogP contribution in [0.4, 0.5) is 4.79 Å². The fraction of sp³-hybridized carbons (Fsp3) is 0.438. The van der Waals surface area contributed by atoms with Crippen molar-refractivity contribution in [2.45, 2.75) is 49.3 Å². The molecule has 43 heavy (non-hydrogen) atoms. The van der Waals surface area contributed by atoms with E-state index in [9.17, 15) is 23.1 Å². The standard InChI is InChI=1S/C32H39N3O6S2/c36-20-30(33-43(39,40)29-13-12-26-9-4-5-10-27(26)19-29)31(37)35-16-6-11-28(35)23-42-22-25-14-17-34(18-15-25)32(38)41-21-24-7-2-1-3-8-24/h1-5,7-10,12-13,19,25,28,30,33,36H,6,11,14-18,20-23H2. The second-order valence-electron chi connectivity index (χ2n) is 11.2. The van der Waals surface area contributed by atoms with Gasteiger partial charge in [-0.05, 0) is 65.8 Å². The van der Waals surface area contributed by atoms with Crippen LogP contribution in [0.25, 0.3) is 10.8 Å². The zero-order valence-electron chi connectivity index (χ0n) is 24.1. The lowest BCUT2D eigenvalue weighted by molar-refractivity contribution is -0.134. The summed E-state index contributed by atoms with van der Waals surface area (Å²) in [5.74, 6) is 1.77. The number of fused-ring (bicyclic) bond motifs is 1. The first-order chi connectivity index (χ1) is 20.8. The minimum Gasteiger partial charge on any atom is -0.445 e.